The van der Waals surface area contributed by atoms with Crippen molar-refractivity contribution in [1.29, 1.82) is 0 Å². The number of carbonyl (C=O) groups is 2. The number of imide groups is 1. The minimum absolute atomic E-state index is 0.00136. The summed E-state index contributed by atoms with van der Waals surface area (Å²) < 4.78 is 1.71. The summed E-state index contributed by atoms with van der Waals surface area (Å²) in [6, 6.07) is 4.93. The number of fused-ring (bicyclic) bond motifs is 2. The average molecular weight is 327 g/mol. The third-order valence-electron chi connectivity index (χ3n) is 4.42. The van der Waals surface area contributed by atoms with Crippen LogP contribution in [-0.2, 0) is 17.8 Å². The van der Waals surface area contributed by atoms with Crippen molar-refractivity contribution in [3.63, 3.8) is 0 Å². The van der Waals surface area contributed by atoms with Gasteiger partial charge in [-0.25, -0.2) is 9.78 Å². The largest absolute Gasteiger partial charge is 0.376 e. The molecule has 3 heterocycles. The summed E-state index contributed by atoms with van der Waals surface area (Å²) in [5.74, 6) is 0.539. The van der Waals surface area contributed by atoms with Crippen molar-refractivity contribution in [3.05, 3.63) is 34.4 Å². The number of anilines is 1. The van der Waals surface area contributed by atoms with E-state index in [1.807, 2.05) is 0 Å². The maximum Gasteiger partial charge on any atom is 0.324 e. The number of nitrogens with zero attached hydrogens (tertiary/aromatic N) is 3. The zero-order valence-corrected chi connectivity index (χ0v) is 13.0. The Balaban J connectivity index is 1.56. The van der Waals surface area contributed by atoms with E-state index in [0.29, 0.717) is 36.2 Å². The highest BCUT2D eigenvalue weighted by molar-refractivity contribution is 5.97. The van der Waals surface area contributed by atoms with Crippen LogP contribution in [0.15, 0.2) is 23.0 Å². The van der Waals surface area contributed by atoms with Crippen LogP contribution in [0.3, 0.4) is 0 Å². The number of carbonyl (C=O) groups excluding carboxylic acids is 2. The van der Waals surface area contributed by atoms with Gasteiger partial charge < -0.3 is 10.6 Å². The fraction of sp³-hybridized carbons (Fsp3) is 0.375. The Labute approximate surface area is 137 Å². The van der Waals surface area contributed by atoms with Gasteiger partial charge in [0.05, 0.1) is 17.4 Å². The Kier molecular flexibility index (Phi) is 3.44. The fourth-order valence-electron chi connectivity index (χ4n) is 3.18. The molecular formula is C16H17N5O3. The third-order valence-corrected chi connectivity index (χ3v) is 4.42. The molecule has 8 nitrogen and oxygen atoms in total. The molecule has 8 heteroatoms. The molecule has 2 aliphatic rings. The minimum atomic E-state index is -0.363. The lowest BCUT2D eigenvalue weighted by Gasteiger charge is -2.13. The van der Waals surface area contributed by atoms with Gasteiger partial charge in [0, 0.05) is 31.7 Å². The molecule has 0 spiro atoms. The lowest BCUT2D eigenvalue weighted by molar-refractivity contribution is -0.125. The van der Waals surface area contributed by atoms with Crippen LogP contribution >= 0.6 is 0 Å². The van der Waals surface area contributed by atoms with Crippen molar-refractivity contribution < 1.29 is 9.59 Å². The predicted octanol–water partition coefficient (Wildman–Crippen LogP) is 0.306. The molecule has 2 aliphatic heterocycles. The van der Waals surface area contributed by atoms with E-state index in [4.69, 9.17) is 0 Å². The van der Waals surface area contributed by atoms with Gasteiger partial charge in [0.15, 0.2) is 0 Å². The highest BCUT2D eigenvalue weighted by Crippen LogP contribution is 2.18. The van der Waals surface area contributed by atoms with Gasteiger partial charge in [-0.3, -0.25) is 19.1 Å². The highest BCUT2D eigenvalue weighted by atomic mass is 16.2. The van der Waals surface area contributed by atoms with Crippen LogP contribution in [0, 0.1) is 0 Å². The van der Waals surface area contributed by atoms with E-state index in [1.54, 1.807) is 22.8 Å². The van der Waals surface area contributed by atoms with E-state index >= 15 is 0 Å². The molecule has 24 heavy (non-hydrogen) atoms. The highest BCUT2D eigenvalue weighted by Gasteiger charge is 2.25. The van der Waals surface area contributed by atoms with Gasteiger partial charge >= 0.3 is 6.03 Å². The lowest BCUT2D eigenvalue weighted by Crippen LogP contribution is -2.38. The molecule has 1 aromatic heterocycles. The molecule has 0 bridgehead atoms. The number of amides is 3. The Morgan fingerprint density at radius 3 is 2.96 bits per heavy atom. The van der Waals surface area contributed by atoms with Crippen LogP contribution in [-0.4, -0.2) is 46.0 Å². The molecule has 0 radical (unpaired) electrons. The van der Waals surface area contributed by atoms with Crippen molar-refractivity contribution in [2.45, 2.75) is 19.4 Å². The normalized spacial score (nSPS) is 16.3. The van der Waals surface area contributed by atoms with Crippen molar-refractivity contribution in [3.8, 4) is 0 Å². The summed E-state index contributed by atoms with van der Waals surface area (Å²) in [5, 5.41) is 6.11. The van der Waals surface area contributed by atoms with Gasteiger partial charge in [-0.05, 0) is 24.6 Å². The first kappa shape index (κ1) is 14.7. The standard InChI is InChI=1S/C16H17N5O3/c22-14(21-7-5-17-16(21)24)9-18-10-3-4-12-11(8-10)15(23)20-6-1-2-13(20)19-12/h3-4,8,18H,1-2,5-7,9H2,(H,17,24). The molecule has 0 unspecified atom stereocenters. The molecule has 0 saturated carbocycles. The molecular weight excluding hydrogens is 310 g/mol. The predicted molar refractivity (Wildman–Crippen MR) is 87.9 cm³/mol. The first-order valence-corrected chi connectivity index (χ1v) is 7.99. The van der Waals surface area contributed by atoms with Gasteiger partial charge in [0.2, 0.25) is 5.91 Å². The molecule has 1 aromatic carbocycles. The number of aromatic nitrogens is 2. The number of benzene rings is 1. The molecule has 2 aromatic rings. The van der Waals surface area contributed by atoms with Crippen LogP contribution in [0.25, 0.3) is 10.9 Å². The summed E-state index contributed by atoms with van der Waals surface area (Å²) in [5.41, 5.74) is 1.29. The zero-order chi connectivity index (χ0) is 16.7. The Bertz CT molecular complexity index is 904. The van der Waals surface area contributed by atoms with Gasteiger partial charge in [-0.15, -0.1) is 0 Å². The van der Waals surface area contributed by atoms with Crippen molar-refractivity contribution >= 4 is 28.5 Å². The van der Waals surface area contributed by atoms with Gasteiger partial charge in [-0.2, -0.15) is 0 Å². The van der Waals surface area contributed by atoms with Crippen molar-refractivity contribution in [2.24, 2.45) is 0 Å². The summed E-state index contributed by atoms with van der Waals surface area (Å²) in [6.07, 6.45) is 1.77. The number of hydrogen-bond acceptors (Lipinski definition) is 5. The number of urea groups is 1. The number of nitrogens with one attached hydrogen (secondary N) is 2. The monoisotopic (exact) mass is 327 g/mol. The van der Waals surface area contributed by atoms with E-state index in [2.05, 4.69) is 15.6 Å². The summed E-state index contributed by atoms with van der Waals surface area (Å²) >= 11 is 0. The molecule has 1 fully saturated rings. The molecule has 1 saturated heterocycles. The minimum Gasteiger partial charge on any atom is -0.376 e. The number of rotatable bonds is 3. The second-order valence-corrected chi connectivity index (χ2v) is 5.95. The number of hydrogen-bond donors (Lipinski definition) is 2. The van der Waals surface area contributed by atoms with E-state index in [9.17, 15) is 14.4 Å². The van der Waals surface area contributed by atoms with Crippen LogP contribution in [0.2, 0.25) is 0 Å². The van der Waals surface area contributed by atoms with E-state index in [-0.39, 0.29) is 24.0 Å². The van der Waals surface area contributed by atoms with E-state index in [0.717, 1.165) is 18.7 Å². The molecule has 2 N–H and O–H groups in total. The maximum absolute atomic E-state index is 12.5. The first-order chi connectivity index (χ1) is 11.6. The van der Waals surface area contributed by atoms with Gasteiger partial charge in [0.1, 0.15) is 5.82 Å². The van der Waals surface area contributed by atoms with Crippen LogP contribution in [0.5, 0.6) is 0 Å². The Hall–Kier alpha value is -2.90. The SMILES string of the molecule is O=C(CNc1ccc2nc3n(c(=O)c2c1)CCC3)N1CCNC1=O. The zero-order valence-electron chi connectivity index (χ0n) is 13.0. The molecule has 3 amide bonds. The van der Waals surface area contributed by atoms with Crippen LogP contribution < -0.4 is 16.2 Å². The van der Waals surface area contributed by atoms with Crippen molar-refractivity contribution in [1.82, 2.24) is 19.8 Å². The van der Waals surface area contributed by atoms with Crippen LogP contribution in [0.1, 0.15) is 12.2 Å². The van der Waals surface area contributed by atoms with Crippen molar-refractivity contribution in [2.75, 3.05) is 25.0 Å². The third kappa shape index (κ3) is 2.40. The molecule has 0 aliphatic carbocycles. The second-order valence-electron chi connectivity index (χ2n) is 5.95. The topological polar surface area (TPSA) is 96.3 Å². The smallest absolute Gasteiger partial charge is 0.324 e. The quantitative estimate of drug-likeness (QED) is 0.845. The average Bonchev–Trinajstić information content (AvgIpc) is 3.22. The molecule has 124 valence electrons. The Morgan fingerprint density at radius 2 is 2.17 bits per heavy atom. The summed E-state index contributed by atoms with van der Waals surface area (Å²) in [6.45, 7) is 1.57. The first-order valence-electron chi connectivity index (χ1n) is 7.99. The lowest BCUT2D eigenvalue weighted by atomic mass is 10.2. The van der Waals surface area contributed by atoms with E-state index in [1.165, 1.54) is 4.90 Å². The summed E-state index contributed by atoms with van der Waals surface area (Å²) in [7, 11) is 0. The van der Waals surface area contributed by atoms with E-state index < -0.39 is 0 Å². The molecule has 4 rings (SSSR count). The second kappa shape index (κ2) is 5.63. The summed E-state index contributed by atoms with van der Waals surface area (Å²) in [4.78, 5) is 41.7. The number of aryl methyl sites for hydroxylation is 1. The Morgan fingerprint density at radius 1 is 1.29 bits per heavy atom. The molecule has 0 atom stereocenters. The maximum atomic E-state index is 12.5. The fourth-order valence-corrected chi connectivity index (χ4v) is 3.18. The van der Waals surface area contributed by atoms with Gasteiger partial charge in [0.25, 0.3) is 5.56 Å². The van der Waals surface area contributed by atoms with Crippen LogP contribution in [0.4, 0.5) is 10.5 Å². The van der Waals surface area contributed by atoms with Gasteiger partial charge in [-0.1, -0.05) is 0 Å².